The molecule has 0 unspecified atom stereocenters. The molecule has 23 heavy (non-hydrogen) atoms. The van der Waals surface area contributed by atoms with E-state index in [2.05, 4.69) is 0 Å². The summed E-state index contributed by atoms with van der Waals surface area (Å²) in [5.74, 6) is -0.402. The number of phenolic OH excluding ortho intramolecular Hbond substituents is 1. The maximum absolute atomic E-state index is 11.3. The Balaban J connectivity index is 2.39. The third kappa shape index (κ3) is 5.48. The first-order chi connectivity index (χ1) is 10.9. The molecule has 0 aliphatic carbocycles. The highest BCUT2D eigenvalue weighted by Gasteiger charge is 2.13. The fourth-order valence-electron chi connectivity index (χ4n) is 2.11. The van der Waals surface area contributed by atoms with Crippen molar-refractivity contribution in [1.82, 2.24) is 0 Å². The Kier molecular flexibility index (Phi) is 5.49. The van der Waals surface area contributed by atoms with Crippen molar-refractivity contribution in [2.75, 3.05) is 12.4 Å². The number of hydrogen-bond donors (Lipinski definition) is 3. The topological polar surface area (TPSA) is 98.7 Å². The van der Waals surface area contributed by atoms with E-state index in [0.29, 0.717) is 23.2 Å². The number of rotatable bonds is 6. The lowest BCUT2D eigenvalue weighted by Gasteiger charge is -2.06. The molecule has 0 saturated carbocycles. The second-order valence-electron chi connectivity index (χ2n) is 5.04. The van der Waals surface area contributed by atoms with Crippen LogP contribution in [0.2, 0.25) is 0 Å². The molecule has 0 aliphatic rings. The van der Waals surface area contributed by atoms with Gasteiger partial charge in [-0.3, -0.25) is 4.55 Å². The van der Waals surface area contributed by atoms with E-state index in [1.54, 1.807) is 47.3 Å². The van der Waals surface area contributed by atoms with E-state index in [4.69, 9.17) is 9.66 Å². The van der Waals surface area contributed by atoms with Crippen LogP contribution in [0.4, 0.5) is 0 Å². The van der Waals surface area contributed by atoms with Gasteiger partial charge in [-0.2, -0.15) is 8.42 Å². The minimum atomic E-state index is -4.18. The number of nitrogens with zero attached hydrogens (tertiary/aromatic N) is 1. The number of aliphatic hydroxyl groups is 1. The number of hydrogen-bond acceptors (Lipinski definition) is 4. The van der Waals surface area contributed by atoms with Crippen molar-refractivity contribution in [1.29, 1.82) is 0 Å². The molecule has 2 aromatic rings. The summed E-state index contributed by atoms with van der Waals surface area (Å²) in [5.41, 5.74) is 1.77. The third-order valence-corrected chi connectivity index (χ3v) is 3.87. The first-order valence-corrected chi connectivity index (χ1v) is 8.53. The Labute approximate surface area is 134 Å². The number of aromatic nitrogens is 1. The zero-order chi connectivity index (χ0) is 16.9. The lowest BCUT2D eigenvalue weighted by Crippen LogP contribution is -2.34. The van der Waals surface area contributed by atoms with Crippen LogP contribution >= 0.6 is 0 Å². The lowest BCUT2D eigenvalue weighted by atomic mass is 10.1. The van der Waals surface area contributed by atoms with Gasteiger partial charge in [-0.15, -0.1) is 0 Å². The minimum absolute atomic E-state index is 0.00520. The third-order valence-electron chi connectivity index (χ3n) is 3.19. The van der Waals surface area contributed by atoms with Gasteiger partial charge in [0.2, 0.25) is 0 Å². The summed E-state index contributed by atoms with van der Waals surface area (Å²) in [6.45, 7) is 0.445. The van der Waals surface area contributed by atoms with E-state index in [9.17, 15) is 13.5 Å². The van der Waals surface area contributed by atoms with Crippen LogP contribution in [-0.2, 0) is 16.7 Å². The molecule has 1 aromatic heterocycles. The normalized spacial score (nSPS) is 12.3. The molecule has 1 heterocycles. The van der Waals surface area contributed by atoms with Gasteiger partial charge in [0.15, 0.2) is 18.9 Å². The van der Waals surface area contributed by atoms with Gasteiger partial charge in [-0.05, 0) is 28.8 Å². The number of aliphatic hydroxyl groups excluding tert-OH is 1. The summed E-state index contributed by atoms with van der Waals surface area (Å²) in [6, 6.07) is 9.72. The summed E-state index contributed by atoms with van der Waals surface area (Å²) in [4.78, 5) is 0. The van der Waals surface area contributed by atoms with Crippen LogP contribution < -0.4 is 4.57 Å². The summed E-state index contributed by atoms with van der Waals surface area (Å²) < 4.78 is 33.5. The van der Waals surface area contributed by atoms with Gasteiger partial charge in [-0.25, -0.2) is 4.57 Å². The zero-order valence-electron chi connectivity index (χ0n) is 12.3. The number of aromatic hydroxyl groups is 1. The molecule has 0 amide bonds. The molecule has 2 rings (SSSR count). The molecular formula is C16H18NO5S+. The molecule has 122 valence electrons. The molecule has 0 saturated heterocycles. The van der Waals surface area contributed by atoms with Gasteiger partial charge in [0, 0.05) is 12.1 Å². The molecule has 7 heteroatoms. The summed E-state index contributed by atoms with van der Waals surface area (Å²) in [5, 5.41) is 18.2. The SMILES string of the molecule is O=S(=O)(O)CC(=Cc1ccc(O)cc1)c1cc[n+](CCO)cc1. The summed E-state index contributed by atoms with van der Waals surface area (Å²) in [6.07, 6.45) is 5.08. The molecule has 0 radical (unpaired) electrons. The monoisotopic (exact) mass is 336 g/mol. The van der Waals surface area contributed by atoms with E-state index in [1.807, 2.05) is 0 Å². The number of benzene rings is 1. The lowest BCUT2D eigenvalue weighted by molar-refractivity contribution is -0.698. The van der Waals surface area contributed by atoms with Crippen LogP contribution in [0.1, 0.15) is 11.1 Å². The van der Waals surface area contributed by atoms with Crippen LogP contribution in [0.25, 0.3) is 11.6 Å². The molecule has 0 spiro atoms. The van der Waals surface area contributed by atoms with Crippen LogP contribution in [0.15, 0.2) is 48.8 Å². The van der Waals surface area contributed by atoms with E-state index in [0.717, 1.165) is 0 Å². The maximum atomic E-state index is 11.3. The van der Waals surface area contributed by atoms with Gasteiger partial charge in [-0.1, -0.05) is 18.2 Å². The Morgan fingerprint density at radius 2 is 1.70 bits per heavy atom. The first-order valence-electron chi connectivity index (χ1n) is 6.92. The number of phenols is 1. The van der Waals surface area contributed by atoms with Crippen molar-refractivity contribution in [3.8, 4) is 5.75 Å². The molecule has 0 fully saturated rings. The Hall–Kier alpha value is -2.22. The fourth-order valence-corrected chi connectivity index (χ4v) is 2.76. The highest BCUT2D eigenvalue weighted by Crippen LogP contribution is 2.20. The van der Waals surface area contributed by atoms with Crippen molar-refractivity contribution < 1.29 is 27.8 Å². The molecule has 0 atom stereocenters. The van der Waals surface area contributed by atoms with Gasteiger partial charge < -0.3 is 10.2 Å². The zero-order valence-corrected chi connectivity index (χ0v) is 13.1. The Morgan fingerprint density at radius 3 is 2.22 bits per heavy atom. The summed E-state index contributed by atoms with van der Waals surface area (Å²) in [7, 11) is -4.18. The van der Waals surface area contributed by atoms with Crippen molar-refractivity contribution >= 4 is 21.8 Å². The van der Waals surface area contributed by atoms with Crippen molar-refractivity contribution in [3.05, 3.63) is 59.9 Å². The second kappa shape index (κ2) is 7.36. The smallest absolute Gasteiger partial charge is 0.269 e. The predicted molar refractivity (Wildman–Crippen MR) is 86.1 cm³/mol. The first kappa shape index (κ1) is 17.1. The number of pyridine rings is 1. The van der Waals surface area contributed by atoms with E-state index in [1.165, 1.54) is 12.1 Å². The highest BCUT2D eigenvalue weighted by molar-refractivity contribution is 7.86. The van der Waals surface area contributed by atoms with Crippen LogP contribution in [0, 0.1) is 0 Å². The van der Waals surface area contributed by atoms with E-state index < -0.39 is 15.9 Å². The molecule has 1 aromatic carbocycles. The summed E-state index contributed by atoms with van der Waals surface area (Å²) >= 11 is 0. The minimum Gasteiger partial charge on any atom is -0.508 e. The highest BCUT2D eigenvalue weighted by atomic mass is 32.2. The van der Waals surface area contributed by atoms with E-state index in [-0.39, 0.29) is 12.4 Å². The van der Waals surface area contributed by atoms with Gasteiger partial charge in [0.25, 0.3) is 10.1 Å². The van der Waals surface area contributed by atoms with Crippen molar-refractivity contribution in [2.24, 2.45) is 0 Å². The van der Waals surface area contributed by atoms with Gasteiger partial charge in [0.05, 0.1) is 0 Å². The average Bonchev–Trinajstić information content (AvgIpc) is 2.49. The second-order valence-corrected chi connectivity index (χ2v) is 6.49. The van der Waals surface area contributed by atoms with Gasteiger partial charge in [0.1, 0.15) is 18.1 Å². The molecule has 0 aliphatic heterocycles. The molecule has 0 bridgehead atoms. The predicted octanol–water partition coefficient (Wildman–Crippen LogP) is 1.10. The fraction of sp³-hybridized carbons (Fsp3) is 0.188. The maximum Gasteiger partial charge on any atom is 0.269 e. The Bertz CT molecular complexity index is 780. The van der Waals surface area contributed by atoms with E-state index >= 15 is 0 Å². The molecular weight excluding hydrogens is 318 g/mol. The van der Waals surface area contributed by atoms with Gasteiger partial charge >= 0.3 is 0 Å². The van der Waals surface area contributed by atoms with Crippen LogP contribution in [-0.4, -0.2) is 35.5 Å². The quantitative estimate of drug-likeness (QED) is 0.542. The van der Waals surface area contributed by atoms with Crippen molar-refractivity contribution in [2.45, 2.75) is 6.54 Å². The molecule has 3 N–H and O–H groups in total. The van der Waals surface area contributed by atoms with Crippen LogP contribution in [0.5, 0.6) is 5.75 Å². The standard InChI is InChI=1S/C16H17NO5S/c18-10-9-17-7-5-14(6-8-17)15(12-23(20,21)22)11-13-1-3-16(19)4-2-13/h1-8,11,18H,9-10,12H2,(H,20,21,22)/p+1. The van der Waals surface area contributed by atoms with Crippen molar-refractivity contribution in [3.63, 3.8) is 0 Å². The molecule has 6 nitrogen and oxygen atoms in total. The Morgan fingerprint density at radius 1 is 1.09 bits per heavy atom. The van der Waals surface area contributed by atoms with Crippen LogP contribution in [0.3, 0.4) is 0 Å². The average molecular weight is 336 g/mol. The largest absolute Gasteiger partial charge is 0.508 e.